The van der Waals surface area contributed by atoms with Crippen molar-refractivity contribution in [1.29, 1.82) is 0 Å². The third-order valence-corrected chi connectivity index (χ3v) is 6.51. The lowest BCUT2D eigenvalue weighted by Crippen LogP contribution is -2.35. The van der Waals surface area contributed by atoms with Crippen LogP contribution < -0.4 is 10.2 Å². The Morgan fingerprint density at radius 1 is 1.03 bits per heavy atom. The third kappa shape index (κ3) is 5.19. The lowest BCUT2D eigenvalue weighted by molar-refractivity contribution is -0.118. The van der Waals surface area contributed by atoms with Gasteiger partial charge in [-0.25, -0.2) is 4.39 Å². The number of nitrogens with one attached hydrogen (secondary N) is 1. The third-order valence-electron chi connectivity index (χ3n) is 5.51. The summed E-state index contributed by atoms with van der Waals surface area (Å²) in [4.78, 5) is 27.2. The minimum Gasteiger partial charge on any atom is -0.351 e. The van der Waals surface area contributed by atoms with Gasteiger partial charge in [0.1, 0.15) is 5.82 Å². The fourth-order valence-corrected chi connectivity index (χ4v) is 4.70. The molecule has 3 aromatic rings. The molecule has 0 fully saturated rings. The summed E-state index contributed by atoms with van der Waals surface area (Å²) in [6, 6.07) is 21.8. The molecule has 0 bridgehead atoms. The van der Waals surface area contributed by atoms with Gasteiger partial charge in [-0.3, -0.25) is 9.59 Å². The smallest absolute Gasteiger partial charge is 0.258 e. The zero-order chi connectivity index (χ0) is 22.5. The van der Waals surface area contributed by atoms with Crippen molar-refractivity contribution >= 4 is 29.3 Å². The Kier molecular flexibility index (Phi) is 6.90. The minimum absolute atomic E-state index is 0.00442. The van der Waals surface area contributed by atoms with Crippen LogP contribution in [0.3, 0.4) is 0 Å². The monoisotopic (exact) mass is 448 g/mol. The molecule has 1 unspecified atom stereocenters. The number of rotatable bonds is 7. The number of hydrogen-bond acceptors (Lipinski definition) is 3. The molecular formula is C26H25FN2O2S. The highest BCUT2D eigenvalue weighted by atomic mass is 32.2. The molecule has 0 aliphatic carbocycles. The molecule has 6 heteroatoms. The molecule has 1 aliphatic heterocycles. The molecule has 0 aromatic heterocycles. The summed E-state index contributed by atoms with van der Waals surface area (Å²) >= 11 is 1.49. The van der Waals surface area contributed by atoms with Crippen LogP contribution in [-0.2, 0) is 23.5 Å². The van der Waals surface area contributed by atoms with Crippen molar-refractivity contribution in [2.75, 3.05) is 10.7 Å². The molecule has 4 nitrogen and oxygen atoms in total. The van der Waals surface area contributed by atoms with Gasteiger partial charge in [-0.2, -0.15) is 0 Å². The highest BCUT2D eigenvalue weighted by molar-refractivity contribution is 7.99. The van der Waals surface area contributed by atoms with E-state index < -0.39 is 0 Å². The molecule has 2 amide bonds. The van der Waals surface area contributed by atoms with E-state index in [4.69, 9.17) is 0 Å². The molecule has 1 N–H and O–H groups in total. The van der Waals surface area contributed by atoms with E-state index in [2.05, 4.69) is 18.3 Å². The van der Waals surface area contributed by atoms with Crippen LogP contribution in [0, 0.1) is 5.82 Å². The lowest BCUT2D eigenvalue weighted by atomic mass is 10.1. The Hall–Kier alpha value is -3.12. The highest BCUT2D eigenvalue weighted by Crippen LogP contribution is 2.34. The number of anilines is 1. The van der Waals surface area contributed by atoms with Crippen molar-refractivity contribution in [1.82, 2.24) is 5.32 Å². The zero-order valence-electron chi connectivity index (χ0n) is 17.9. The van der Waals surface area contributed by atoms with Crippen molar-refractivity contribution in [3.05, 3.63) is 101 Å². The topological polar surface area (TPSA) is 49.4 Å². The summed E-state index contributed by atoms with van der Waals surface area (Å²) in [5.41, 5.74) is 4.68. The van der Waals surface area contributed by atoms with Crippen LogP contribution in [0.2, 0.25) is 0 Å². The van der Waals surface area contributed by atoms with Crippen LogP contribution in [-0.4, -0.2) is 23.6 Å². The van der Waals surface area contributed by atoms with Gasteiger partial charge in [-0.05, 0) is 60.4 Å². The number of carbonyl (C=O) groups is 2. The number of halogens is 1. The Labute approximate surface area is 191 Å². The predicted octanol–water partition coefficient (Wildman–Crippen LogP) is 4.97. The van der Waals surface area contributed by atoms with Crippen LogP contribution in [0.5, 0.6) is 0 Å². The van der Waals surface area contributed by atoms with E-state index in [0.717, 1.165) is 28.8 Å². The number of amides is 2. The van der Waals surface area contributed by atoms with Gasteiger partial charge < -0.3 is 10.2 Å². The van der Waals surface area contributed by atoms with Crippen molar-refractivity contribution in [2.24, 2.45) is 0 Å². The summed E-state index contributed by atoms with van der Waals surface area (Å²) < 4.78 is 13.0. The molecule has 32 heavy (non-hydrogen) atoms. The second-order valence-electron chi connectivity index (χ2n) is 7.95. The molecule has 3 aromatic carbocycles. The van der Waals surface area contributed by atoms with Gasteiger partial charge in [0.2, 0.25) is 5.91 Å². The maximum absolute atomic E-state index is 13.1. The van der Waals surface area contributed by atoms with Crippen LogP contribution in [0.25, 0.3) is 0 Å². The zero-order valence-corrected chi connectivity index (χ0v) is 18.7. The molecule has 1 heterocycles. The molecule has 0 saturated carbocycles. The molecule has 0 spiro atoms. The number of nitrogens with zero attached hydrogens (tertiary/aromatic N) is 1. The number of thioether (sulfide) groups is 1. The first-order chi connectivity index (χ1) is 15.5. The van der Waals surface area contributed by atoms with Crippen molar-refractivity contribution in [3.8, 4) is 0 Å². The first kappa shape index (κ1) is 22.1. The van der Waals surface area contributed by atoms with E-state index in [9.17, 15) is 14.0 Å². The fourth-order valence-electron chi connectivity index (χ4n) is 3.89. The van der Waals surface area contributed by atoms with Gasteiger partial charge in [0.15, 0.2) is 0 Å². The van der Waals surface area contributed by atoms with Crippen molar-refractivity contribution in [3.63, 3.8) is 0 Å². The van der Waals surface area contributed by atoms with Gasteiger partial charge in [-0.1, -0.05) is 42.5 Å². The van der Waals surface area contributed by atoms with E-state index in [1.807, 2.05) is 47.4 Å². The van der Waals surface area contributed by atoms with Gasteiger partial charge in [0.25, 0.3) is 5.91 Å². The van der Waals surface area contributed by atoms with E-state index >= 15 is 0 Å². The maximum atomic E-state index is 13.1. The van der Waals surface area contributed by atoms with Crippen molar-refractivity contribution < 1.29 is 14.0 Å². The number of benzene rings is 3. The summed E-state index contributed by atoms with van der Waals surface area (Å²) in [5.74, 6) is 0.668. The molecule has 1 aliphatic rings. The normalized spacial score (nSPS) is 14.8. The lowest BCUT2D eigenvalue weighted by Gasteiger charge is -2.23. The number of carbonyl (C=O) groups excluding carboxylic acids is 2. The average Bonchev–Trinajstić information content (AvgIpc) is 3.14. The molecule has 0 saturated heterocycles. The van der Waals surface area contributed by atoms with Crippen LogP contribution in [0.15, 0.2) is 72.8 Å². The minimum atomic E-state index is -0.260. The standard InChI is InChI=1S/C26H25FN2O2S/c1-18-13-22-10-7-20(14-24(22)29(18)26(31)21-5-3-2-4-6-21)15-28-25(30)17-32-16-19-8-11-23(27)12-9-19/h2-12,14,18H,13,15-17H2,1H3,(H,28,30). The van der Waals surface area contributed by atoms with E-state index in [0.29, 0.717) is 23.6 Å². The van der Waals surface area contributed by atoms with Gasteiger partial charge in [-0.15, -0.1) is 11.8 Å². The predicted molar refractivity (Wildman–Crippen MR) is 127 cm³/mol. The van der Waals surface area contributed by atoms with Crippen LogP contribution in [0.1, 0.15) is 34.0 Å². The first-order valence-electron chi connectivity index (χ1n) is 10.6. The second-order valence-corrected chi connectivity index (χ2v) is 8.94. The number of hydrogen-bond donors (Lipinski definition) is 1. The quantitative estimate of drug-likeness (QED) is 0.555. The average molecular weight is 449 g/mol. The Bertz CT molecular complexity index is 1100. The second kappa shape index (κ2) is 10.0. The molecular weight excluding hydrogens is 423 g/mol. The first-order valence-corrected chi connectivity index (χ1v) is 11.8. The van der Waals surface area contributed by atoms with Crippen LogP contribution >= 0.6 is 11.8 Å². The number of fused-ring (bicyclic) bond motifs is 1. The Morgan fingerprint density at radius 3 is 2.50 bits per heavy atom. The fraction of sp³-hybridized carbons (Fsp3) is 0.231. The van der Waals surface area contributed by atoms with Crippen LogP contribution in [0.4, 0.5) is 10.1 Å². The molecule has 0 radical (unpaired) electrons. The van der Waals surface area contributed by atoms with E-state index in [-0.39, 0.29) is 23.7 Å². The maximum Gasteiger partial charge on any atom is 0.258 e. The van der Waals surface area contributed by atoms with Gasteiger partial charge >= 0.3 is 0 Å². The highest BCUT2D eigenvalue weighted by Gasteiger charge is 2.31. The van der Waals surface area contributed by atoms with Crippen molar-refractivity contribution in [2.45, 2.75) is 31.7 Å². The summed E-state index contributed by atoms with van der Waals surface area (Å²) in [7, 11) is 0. The van der Waals surface area contributed by atoms with Gasteiger partial charge in [0, 0.05) is 29.6 Å². The van der Waals surface area contributed by atoms with E-state index in [1.54, 1.807) is 12.1 Å². The Balaban J connectivity index is 1.34. The largest absolute Gasteiger partial charge is 0.351 e. The van der Waals surface area contributed by atoms with Gasteiger partial charge in [0.05, 0.1) is 5.75 Å². The SMILES string of the molecule is CC1Cc2ccc(CNC(=O)CSCc3ccc(F)cc3)cc2N1C(=O)c1ccccc1. The molecule has 1 atom stereocenters. The van der Waals surface area contributed by atoms with E-state index in [1.165, 1.54) is 23.9 Å². The summed E-state index contributed by atoms with van der Waals surface area (Å²) in [6.07, 6.45) is 0.820. The Morgan fingerprint density at radius 2 is 1.75 bits per heavy atom. The summed E-state index contributed by atoms with van der Waals surface area (Å²) in [6.45, 7) is 2.46. The molecule has 4 rings (SSSR count). The molecule has 164 valence electrons. The summed E-state index contributed by atoms with van der Waals surface area (Å²) in [5, 5.41) is 2.95.